The second-order valence-corrected chi connectivity index (χ2v) is 5.91. The summed E-state index contributed by atoms with van der Waals surface area (Å²) in [5.41, 5.74) is -0.388. The van der Waals surface area contributed by atoms with Crippen LogP contribution < -0.4 is 5.32 Å². The van der Waals surface area contributed by atoms with E-state index in [9.17, 15) is 4.79 Å². The molecule has 0 spiro atoms. The van der Waals surface area contributed by atoms with Gasteiger partial charge < -0.3 is 10.1 Å². The molecule has 0 aromatic heterocycles. The molecule has 2 aliphatic rings. The van der Waals surface area contributed by atoms with E-state index >= 15 is 0 Å². The van der Waals surface area contributed by atoms with Gasteiger partial charge in [0.25, 0.3) is 0 Å². The summed E-state index contributed by atoms with van der Waals surface area (Å²) in [6.07, 6.45) is 4.69. The molecule has 15 heavy (non-hydrogen) atoms. The molecular weight excluding hydrogens is 190 g/mol. The van der Waals surface area contributed by atoms with E-state index in [1.807, 2.05) is 20.8 Å². The van der Waals surface area contributed by atoms with E-state index in [0.29, 0.717) is 6.04 Å². The molecule has 0 aromatic carbocycles. The van der Waals surface area contributed by atoms with E-state index in [-0.39, 0.29) is 11.7 Å². The third kappa shape index (κ3) is 3.11. The Morgan fingerprint density at radius 1 is 1.20 bits per heavy atom. The predicted molar refractivity (Wildman–Crippen MR) is 58.6 cm³/mol. The van der Waals surface area contributed by atoms with Crippen molar-refractivity contribution in [2.75, 3.05) is 0 Å². The average Bonchev–Trinajstić information content (AvgIpc) is 2.77. The Labute approximate surface area is 91.6 Å². The van der Waals surface area contributed by atoms with Crippen LogP contribution in [-0.2, 0) is 4.74 Å². The number of amides is 1. The van der Waals surface area contributed by atoms with E-state index in [1.54, 1.807) is 0 Å². The molecule has 86 valence electrons. The van der Waals surface area contributed by atoms with Crippen molar-refractivity contribution in [1.29, 1.82) is 0 Å². The third-order valence-electron chi connectivity index (χ3n) is 3.26. The molecule has 0 unspecified atom stereocenters. The molecule has 1 N–H and O–H groups in total. The Morgan fingerprint density at radius 3 is 2.53 bits per heavy atom. The highest BCUT2D eigenvalue weighted by Crippen LogP contribution is 2.49. The molecule has 3 heteroatoms. The highest BCUT2D eigenvalue weighted by molar-refractivity contribution is 5.68. The Balaban J connectivity index is 1.74. The van der Waals surface area contributed by atoms with Crippen molar-refractivity contribution in [2.24, 2.45) is 11.8 Å². The van der Waals surface area contributed by atoms with Gasteiger partial charge in [0.05, 0.1) is 0 Å². The summed E-state index contributed by atoms with van der Waals surface area (Å²) >= 11 is 0. The normalized spacial score (nSPS) is 34.2. The molecule has 0 aromatic rings. The quantitative estimate of drug-likeness (QED) is 0.724. The zero-order valence-electron chi connectivity index (χ0n) is 9.88. The Hall–Kier alpha value is -0.730. The van der Waals surface area contributed by atoms with Gasteiger partial charge in [-0.15, -0.1) is 0 Å². The van der Waals surface area contributed by atoms with Crippen molar-refractivity contribution in [3.05, 3.63) is 0 Å². The average molecular weight is 211 g/mol. The van der Waals surface area contributed by atoms with Crippen molar-refractivity contribution in [3.8, 4) is 0 Å². The summed E-state index contributed by atoms with van der Waals surface area (Å²) < 4.78 is 5.24. The number of carbonyl (C=O) groups excluding carboxylic acids is 1. The van der Waals surface area contributed by atoms with Gasteiger partial charge in [-0.25, -0.2) is 4.79 Å². The molecular formula is C12H21NO2. The van der Waals surface area contributed by atoms with Crippen LogP contribution in [0.1, 0.15) is 46.5 Å². The van der Waals surface area contributed by atoms with Crippen molar-refractivity contribution in [3.63, 3.8) is 0 Å². The lowest BCUT2D eigenvalue weighted by molar-refractivity contribution is 0.0492. The lowest BCUT2D eigenvalue weighted by Crippen LogP contribution is -2.40. The van der Waals surface area contributed by atoms with E-state index in [2.05, 4.69) is 5.32 Å². The molecule has 2 saturated carbocycles. The minimum absolute atomic E-state index is 0.258. The zero-order valence-corrected chi connectivity index (χ0v) is 9.88. The number of ether oxygens (including phenoxy) is 1. The Kier molecular flexibility index (Phi) is 2.65. The molecule has 0 radical (unpaired) electrons. The molecule has 3 atom stereocenters. The molecule has 1 amide bonds. The van der Waals surface area contributed by atoms with Gasteiger partial charge in [-0.2, -0.15) is 0 Å². The Bertz CT molecular complexity index is 257. The molecule has 2 rings (SSSR count). The summed E-state index contributed by atoms with van der Waals surface area (Å²) in [5.74, 6) is 1.86. The van der Waals surface area contributed by atoms with Crippen molar-refractivity contribution in [1.82, 2.24) is 5.32 Å². The third-order valence-corrected chi connectivity index (χ3v) is 3.26. The fourth-order valence-electron chi connectivity index (χ4n) is 2.46. The number of fused-ring (bicyclic) bond motifs is 1. The first-order valence-corrected chi connectivity index (χ1v) is 5.93. The second kappa shape index (κ2) is 3.69. The fourth-order valence-corrected chi connectivity index (χ4v) is 2.46. The molecule has 0 bridgehead atoms. The van der Waals surface area contributed by atoms with Crippen molar-refractivity contribution >= 4 is 6.09 Å². The molecule has 3 nitrogen and oxygen atoms in total. The van der Waals surface area contributed by atoms with Crippen LogP contribution in [0.25, 0.3) is 0 Å². The standard InChI is InChI=1S/C12H21NO2/c1-12(2,3)15-11(14)13-10-5-4-8-6-9(8)7-10/h8-10H,4-7H2,1-3H3,(H,13,14)/t8-,9-,10-/m0/s1. The number of alkyl carbamates (subject to hydrolysis) is 1. The highest BCUT2D eigenvalue weighted by atomic mass is 16.6. The minimum atomic E-state index is -0.388. The number of rotatable bonds is 1. The predicted octanol–water partition coefficient (Wildman–Crippen LogP) is 2.70. The molecule has 0 heterocycles. The van der Waals surface area contributed by atoms with Crippen LogP contribution in [0.3, 0.4) is 0 Å². The largest absolute Gasteiger partial charge is 0.444 e. The lowest BCUT2D eigenvalue weighted by atomic mass is 9.96. The van der Waals surface area contributed by atoms with Gasteiger partial charge in [0.15, 0.2) is 0 Å². The lowest BCUT2D eigenvalue weighted by Gasteiger charge is -2.25. The first kappa shape index (κ1) is 10.8. The summed E-state index contributed by atoms with van der Waals surface area (Å²) in [6.45, 7) is 5.68. The van der Waals surface area contributed by atoms with Crippen LogP contribution in [0.15, 0.2) is 0 Å². The molecule has 2 aliphatic carbocycles. The smallest absolute Gasteiger partial charge is 0.407 e. The van der Waals surface area contributed by atoms with Gasteiger partial charge >= 0.3 is 6.09 Å². The van der Waals surface area contributed by atoms with Crippen LogP contribution >= 0.6 is 0 Å². The fraction of sp³-hybridized carbons (Fsp3) is 0.917. The van der Waals surface area contributed by atoms with E-state index in [1.165, 1.54) is 12.8 Å². The number of hydrogen-bond acceptors (Lipinski definition) is 2. The van der Waals surface area contributed by atoms with Gasteiger partial charge in [0.1, 0.15) is 5.60 Å². The van der Waals surface area contributed by atoms with Crippen LogP contribution in [0, 0.1) is 11.8 Å². The van der Waals surface area contributed by atoms with Crippen LogP contribution in [-0.4, -0.2) is 17.7 Å². The van der Waals surface area contributed by atoms with Crippen LogP contribution in [0.4, 0.5) is 4.79 Å². The van der Waals surface area contributed by atoms with Gasteiger partial charge in [0, 0.05) is 6.04 Å². The van der Waals surface area contributed by atoms with Gasteiger partial charge in [-0.3, -0.25) is 0 Å². The monoisotopic (exact) mass is 211 g/mol. The van der Waals surface area contributed by atoms with Crippen LogP contribution in [0.2, 0.25) is 0 Å². The second-order valence-electron chi connectivity index (χ2n) is 5.91. The van der Waals surface area contributed by atoms with Crippen LogP contribution in [0.5, 0.6) is 0 Å². The summed E-state index contributed by atoms with van der Waals surface area (Å²) in [4.78, 5) is 11.5. The topological polar surface area (TPSA) is 38.3 Å². The minimum Gasteiger partial charge on any atom is -0.444 e. The van der Waals surface area contributed by atoms with Crippen molar-refractivity contribution in [2.45, 2.75) is 58.1 Å². The van der Waals surface area contributed by atoms with E-state index in [4.69, 9.17) is 4.74 Å². The number of hydrogen-bond donors (Lipinski definition) is 1. The van der Waals surface area contributed by atoms with Gasteiger partial charge in [0.2, 0.25) is 0 Å². The first-order chi connectivity index (χ1) is 6.94. The Morgan fingerprint density at radius 2 is 1.93 bits per heavy atom. The maximum Gasteiger partial charge on any atom is 0.407 e. The van der Waals surface area contributed by atoms with Gasteiger partial charge in [-0.05, 0) is 58.3 Å². The molecule has 2 fully saturated rings. The van der Waals surface area contributed by atoms with Crippen molar-refractivity contribution < 1.29 is 9.53 Å². The van der Waals surface area contributed by atoms with Gasteiger partial charge in [-0.1, -0.05) is 0 Å². The summed E-state index contributed by atoms with van der Waals surface area (Å²) in [7, 11) is 0. The summed E-state index contributed by atoms with van der Waals surface area (Å²) in [6, 6.07) is 0.351. The SMILES string of the molecule is CC(C)(C)OC(=O)N[C@H]1CC[C@H]2C[C@H]2C1. The number of carbonyl (C=O) groups is 1. The highest BCUT2D eigenvalue weighted by Gasteiger charge is 2.42. The number of nitrogens with one attached hydrogen (secondary N) is 1. The zero-order chi connectivity index (χ0) is 11.1. The van der Waals surface area contributed by atoms with E-state index < -0.39 is 0 Å². The first-order valence-electron chi connectivity index (χ1n) is 5.93. The molecule has 0 aliphatic heterocycles. The summed E-state index contributed by atoms with van der Waals surface area (Å²) in [5, 5.41) is 2.97. The maximum atomic E-state index is 11.5. The molecule has 0 saturated heterocycles. The maximum absolute atomic E-state index is 11.5. The van der Waals surface area contributed by atoms with E-state index in [0.717, 1.165) is 24.7 Å².